The molecule has 0 aromatic carbocycles. The summed E-state index contributed by atoms with van der Waals surface area (Å²) < 4.78 is 0. The lowest BCUT2D eigenvalue weighted by Gasteiger charge is -1.69. The van der Waals surface area contributed by atoms with Crippen molar-refractivity contribution in [3.63, 3.8) is 0 Å². The Morgan fingerprint density at radius 2 is 2.25 bits per heavy atom. The van der Waals surface area contributed by atoms with Gasteiger partial charge >= 0.3 is 0 Å². The van der Waals surface area contributed by atoms with E-state index in [0.717, 1.165) is 5.08 Å². The number of thioether (sulfide) groups is 1. The van der Waals surface area contributed by atoms with E-state index in [9.17, 15) is 0 Å². The van der Waals surface area contributed by atoms with Gasteiger partial charge in [-0.15, -0.1) is 0 Å². The molecule has 0 N–H and O–H groups in total. The molecule has 0 spiro atoms. The Kier molecular flexibility index (Phi) is 4.35. The maximum absolute atomic E-state index is 3.88. The van der Waals surface area contributed by atoms with Crippen molar-refractivity contribution >= 4 is 24.4 Å². The molecular formula is C2H6S2. The van der Waals surface area contributed by atoms with Gasteiger partial charge in [0.25, 0.3) is 0 Å². The summed E-state index contributed by atoms with van der Waals surface area (Å²) in [6.45, 7) is 0. The zero-order valence-electron chi connectivity index (χ0n) is 2.56. The lowest BCUT2D eigenvalue weighted by Crippen LogP contribution is -1.45. The minimum Gasteiger partial charge on any atom is -0.168 e. The molecule has 0 fully saturated rings. The summed E-state index contributed by atoms with van der Waals surface area (Å²) >= 11 is 5.60. The smallest absolute Gasteiger partial charge is 0.0359 e. The van der Waals surface area contributed by atoms with Crippen LogP contribution in [0.3, 0.4) is 0 Å². The van der Waals surface area contributed by atoms with Crippen LogP contribution in [0.15, 0.2) is 0 Å². The number of hydrogen-bond acceptors (Lipinski definition) is 2. The maximum atomic E-state index is 3.88. The fourth-order valence-corrected chi connectivity index (χ4v) is 0. The molecule has 0 aromatic heterocycles. The van der Waals surface area contributed by atoms with Crippen LogP contribution in [0.4, 0.5) is 0 Å². The van der Waals surface area contributed by atoms with Crippen molar-refractivity contribution in [1.29, 1.82) is 0 Å². The summed E-state index contributed by atoms with van der Waals surface area (Å²) in [6.07, 6.45) is 2.02. The molecule has 0 bridgehead atoms. The van der Waals surface area contributed by atoms with Crippen molar-refractivity contribution < 1.29 is 0 Å². The van der Waals surface area contributed by atoms with E-state index in [0.29, 0.717) is 0 Å². The average Bonchev–Trinajstić information content (AvgIpc) is 1.37. The average molecular weight is 94.2 g/mol. The quantitative estimate of drug-likeness (QED) is 0.377. The highest BCUT2D eigenvalue weighted by molar-refractivity contribution is 8.08. The first-order chi connectivity index (χ1) is 1.91. The Morgan fingerprint density at radius 3 is 2.25 bits per heavy atom. The Balaban J connectivity index is 1.97. The van der Waals surface area contributed by atoms with Crippen molar-refractivity contribution in [2.45, 2.75) is 0 Å². The second kappa shape index (κ2) is 3.70. The topological polar surface area (TPSA) is 0 Å². The van der Waals surface area contributed by atoms with E-state index in [-0.39, 0.29) is 0 Å². The van der Waals surface area contributed by atoms with Crippen molar-refractivity contribution in [3.8, 4) is 0 Å². The van der Waals surface area contributed by atoms with Gasteiger partial charge in [-0.25, -0.2) is 0 Å². The predicted octanol–water partition coefficient (Wildman–Crippen LogP) is 1.24. The highest BCUT2D eigenvalue weighted by atomic mass is 32.2. The first-order valence-electron chi connectivity index (χ1n) is 1.01. The van der Waals surface area contributed by atoms with E-state index in [4.69, 9.17) is 0 Å². The first-order valence-corrected chi connectivity index (χ1v) is 3.04. The van der Waals surface area contributed by atoms with Crippen LogP contribution in [0.1, 0.15) is 0 Å². The van der Waals surface area contributed by atoms with E-state index in [2.05, 4.69) is 12.6 Å². The molecule has 2 heteroatoms. The molecule has 0 aliphatic carbocycles. The molecule has 0 saturated heterocycles. The minimum absolute atomic E-state index is 0.931. The summed E-state index contributed by atoms with van der Waals surface area (Å²) in [6, 6.07) is 0. The van der Waals surface area contributed by atoms with Crippen LogP contribution in [0.25, 0.3) is 0 Å². The van der Waals surface area contributed by atoms with Gasteiger partial charge in [0.05, 0.1) is 0 Å². The fourth-order valence-electron chi connectivity index (χ4n) is 0. The monoisotopic (exact) mass is 94.0 g/mol. The third kappa shape index (κ3) is 2.70. The summed E-state index contributed by atoms with van der Waals surface area (Å²) in [4.78, 5) is 0. The molecule has 26 valence electrons. The van der Waals surface area contributed by atoms with Crippen LogP contribution in [-0.2, 0) is 0 Å². The molecule has 0 unspecified atom stereocenters. The third-order valence-electron chi connectivity index (χ3n) is 0.129. The second-order valence-corrected chi connectivity index (χ2v) is 2.03. The molecule has 0 aromatic rings. The Labute approximate surface area is 36.4 Å². The molecular weight excluding hydrogens is 88.2 g/mol. The molecule has 0 radical (unpaired) electrons. The van der Waals surface area contributed by atoms with E-state index >= 15 is 0 Å². The summed E-state index contributed by atoms with van der Waals surface area (Å²) in [5, 5.41) is 0.931. The molecule has 0 saturated carbocycles. The molecule has 0 atom stereocenters. The van der Waals surface area contributed by atoms with Crippen LogP contribution in [0.2, 0.25) is 0 Å². The van der Waals surface area contributed by atoms with Crippen molar-refractivity contribution in [3.05, 3.63) is 0 Å². The summed E-state index contributed by atoms with van der Waals surface area (Å²) in [7, 11) is 0. The van der Waals surface area contributed by atoms with E-state index < -0.39 is 0 Å². The molecule has 0 aliphatic rings. The SMILES string of the molecule is CSCS. The molecule has 0 heterocycles. The summed E-state index contributed by atoms with van der Waals surface area (Å²) in [5.74, 6) is 0. The molecule has 0 aliphatic heterocycles. The lowest BCUT2D eigenvalue weighted by molar-refractivity contribution is 2.26. The van der Waals surface area contributed by atoms with Gasteiger partial charge in [0.1, 0.15) is 0 Å². The zero-order chi connectivity index (χ0) is 3.41. The molecule has 0 rings (SSSR count). The normalized spacial score (nSPS) is 7.50. The van der Waals surface area contributed by atoms with Gasteiger partial charge in [-0.2, -0.15) is 24.4 Å². The van der Waals surface area contributed by atoms with Crippen molar-refractivity contribution in [1.82, 2.24) is 0 Å². The largest absolute Gasteiger partial charge is 0.168 e. The van der Waals surface area contributed by atoms with Gasteiger partial charge < -0.3 is 0 Å². The number of rotatable bonds is 1. The first kappa shape index (κ1) is 4.70. The highest BCUT2D eigenvalue weighted by Gasteiger charge is 1.55. The summed E-state index contributed by atoms with van der Waals surface area (Å²) in [5.41, 5.74) is 0. The van der Waals surface area contributed by atoms with E-state index in [1.807, 2.05) is 6.26 Å². The fraction of sp³-hybridized carbons (Fsp3) is 1.00. The van der Waals surface area contributed by atoms with E-state index in [1.165, 1.54) is 0 Å². The number of thiol groups is 1. The van der Waals surface area contributed by atoms with Gasteiger partial charge in [-0.3, -0.25) is 0 Å². The molecule has 0 nitrogen and oxygen atoms in total. The van der Waals surface area contributed by atoms with Crippen LogP contribution in [0.5, 0.6) is 0 Å². The maximum Gasteiger partial charge on any atom is 0.0359 e. The second-order valence-electron chi connectivity index (χ2n) is 0.418. The van der Waals surface area contributed by atoms with Crippen LogP contribution >= 0.6 is 24.4 Å². The predicted molar refractivity (Wildman–Crippen MR) is 27.4 cm³/mol. The van der Waals surface area contributed by atoms with E-state index in [1.54, 1.807) is 11.8 Å². The van der Waals surface area contributed by atoms with Gasteiger partial charge in [0, 0.05) is 5.08 Å². The van der Waals surface area contributed by atoms with Crippen LogP contribution in [0, 0.1) is 0 Å². The molecule has 0 amide bonds. The Bertz CT molecular complexity index is 6.00. The highest BCUT2D eigenvalue weighted by Crippen LogP contribution is 1.90. The van der Waals surface area contributed by atoms with Crippen molar-refractivity contribution in [2.24, 2.45) is 0 Å². The standard InChI is InChI=1S/C2H6S2/c1-4-2-3/h3H,2H2,1H3. The number of hydrogen-bond donors (Lipinski definition) is 1. The Hall–Kier alpha value is 0.700. The van der Waals surface area contributed by atoms with Gasteiger partial charge in [-0.1, -0.05) is 0 Å². The molecule has 4 heavy (non-hydrogen) atoms. The van der Waals surface area contributed by atoms with Crippen LogP contribution in [-0.4, -0.2) is 11.3 Å². The van der Waals surface area contributed by atoms with Gasteiger partial charge in [-0.05, 0) is 6.26 Å². The Morgan fingerprint density at radius 1 is 2.00 bits per heavy atom. The van der Waals surface area contributed by atoms with Gasteiger partial charge in [0.2, 0.25) is 0 Å². The minimum atomic E-state index is 0.931. The third-order valence-corrected chi connectivity index (χ3v) is 1.16. The zero-order valence-corrected chi connectivity index (χ0v) is 4.27. The van der Waals surface area contributed by atoms with Crippen molar-refractivity contribution in [2.75, 3.05) is 11.3 Å². The van der Waals surface area contributed by atoms with Gasteiger partial charge in [0.15, 0.2) is 0 Å². The van der Waals surface area contributed by atoms with Crippen LogP contribution < -0.4 is 0 Å². The lowest BCUT2D eigenvalue weighted by atomic mass is 11.9.